The van der Waals surface area contributed by atoms with Gasteiger partial charge in [0.2, 0.25) is 0 Å². The minimum absolute atomic E-state index is 0.354. The van der Waals surface area contributed by atoms with Crippen LogP contribution < -0.4 is 0 Å². The van der Waals surface area contributed by atoms with Gasteiger partial charge in [0.05, 0.1) is 6.61 Å². The Morgan fingerprint density at radius 2 is 1.81 bits per heavy atom. The van der Waals surface area contributed by atoms with Crippen LogP contribution in [0.1, 0.15) is 13.3 Å². The van der Waals surface area contributed by atoms with E-state index < -0.39 is 69.9 Å². The van der Waals surface area contributed by atoms with Crippen LogP contribution in [-0.2, 0) is 19.2 Å². The van der Waals surface area contributed by atoms with Crippen molar-refractivity contribution in [1.82, 2.24) is 10.0 Å². The fourth-order valence-corrected chi connectivity index (χ4v) is 2.56. The Kier molecular flexibility index (Phi) is 9.47. The van der Waals surface area contributed by atoms with E-state index in [1.807, 2.05) is 0 Å². The van der Waals surface area contributed by atoms with Gasteiger partial charge in [0.15, 0.2) is 10.1 Å². The van der Waals surface area contributed by atoms with Crippen LogP contribution in [0.25, 0.3) is 0 Å². The van der Waals surface area contributed by atoms with E-state index in [-0.39, 0.29) is 10.9 Å². The van der Waals surface area contributed by atoms with Gasteiger partial charge in [0, 0.05) is 5.88 Å². The zero-order valence-corrected chi connectivity index (χ0v) is 16.0. The highest BCUT2D eigenvalue weighted by Gasteiger charge is 2.44. The normalized spacial score (nSPS) is 14.3. The average molecular weight is 459 g/mol. The first-order valence-electron chi connectivity index (χ1n) is 6.73. The molecule has 0 aliphatic heterocycles. The number of hydrazine groups is 2. The molecule has 3 N–H and O–H groups in total. The Bertz CT molecular complexity index is 712. The fraction of sp³-hybridized carbons (Fsp3) is 0.875. The van der Waals surface area contributed by atoms with Crippen LogP contribution in [0, 0.1) is 20.2 Å². The number of carbonyl (C=O) groups is 1. The molecule has 16 nitrogen and oxygen atoms in total. The Labute approximate surface area is 156 Å². The van der Waals surface area contributed by atoms with E-state index >= 15 is 0 Å². The molecule has 0 saturated carbocycles. The van der Waals surface area contributed by atoms with Crippen LogP contribution in [0.5, 0.6) is 0 Å². The summed E-state index contributed by atoms with van der Waals surface area (Å²) in [6, 6.07) is -3.67. The van der Waals surface area contributed by atoms with Crippen LogP contribution in [0.4, 0.5) is 4.79 Å². The van der Waals surface area contributed by atoms with E-state index in [4.69, 9.17) is 25.9 Å². The minimum atomic E-state index is -5.09. The maximum Gasteiger partial charge on any atom is 0.469 e. The van der Waals surface area contributed by atoms with E-state index in [0.29, 0.717) is 0 Å². The molecule has 2 amide bonds. The number of alkyl halides is 1. The second kappa shape index (κ2) is 10.1. The first-order chi connectivity index (χ1) is 12.1. The number of hydrogen-bond acceptors (Lipinski definition) is 9. The summed E-state index contributed by atoms with van der Waals surface area (Å²) in [6.45, 7) is -1.53. The summed E-state index contributed by atoms with van der Waals surface area (Å²) >= 11 is 5.42. The summed E-state index contributed by atoms with van der Waals surface area (Å²) in [7, 11) is -9.90. The molecule has 0 saturated heterocycles. The van der Waals surface area contributed by atoms with Gasteiger partial charge in [-0.15, -0.1) is 11.6 Å². The van der Waals surface area contributed by atoms with Crippen molar-refractivity contribution in [2.24, 2.45) is 0 Å². The SMILES string of the molecule is CC(CN(C(=O)N(C(CCCl)COP(=O)(O)O)[N+](=O)[O-])[N+](=O)[O-])S(=O)(=O)O. The molecule has 0 radical (unpaired) electrons. The number of phosphoric acid groups is 1. The zero-order chi connectivity index (χ0) is 21.6. The van der Waals surface area contributed by atoms with Crippen LogP contribution >= 0.6 is 19.4 Å². The number of rotatable bonds is 11. The molecule has 0 aromatic rings. The third kappa shape index (κ3) is 8.74. The first-order valence-corrected chi connectivity index (χ1v) is 10.3. The van der Waals surface area contributed by atoms with E-state index in [2.05, 4.69) is 4.52 Å². The number of carbonyl (C=O) groups excluding carboxylic acids is 1. The van der Waals surface area contributed by atoms with E-state index in [0.717, 1.165) is 6.92 Å². The second-order valence-electron chi connectivity index (χ2n) is 4.93. The maximum absolute atomic E-state index is 12.2. The molecule has 0 rings (SSSR count). The van der Waals surface area contributed by atoms with Gasteiger partial charge in [-0.25, -0.2) is 29.6 Å². The van der Waals surface area contributed by atoms with Crippen molar-refractivity contribution in [2.75, 3.05) is 19.0 Å². The molecule has 0 aromatic heterocycles. The second-order valence-corrected chi connectivity index (χ2v) is 8.38. The van der Waals surface area contributed by atoms with Crippen LogP contribution in [0.15, 0.2) is 0 Å². The van der Waals surface area contributed by atoms with E-state index in [9.17, 15) is 38.0 Å². The summed E-state index contributed by atoms with van der Waals surface area (Å²) in [6.07, 6.45) is -0.451. The minimum Gasteiger partial charge on any atom is -0.303 e. The predicted molar refractivity (Wildman–Crippen MR) is 86.1 cm³/mol. The van der Waals surface area contributed by atoms with Gasteiger partial charge >= 0.3 is 13.9 Å². The van der Waals surface area contributed by atoms with Crippen molar-refractivity contribution in [3.63, 3.8) is 0 Å². The predicted octanol–water partition coefficient (Wildman–Crippen LogP) is -0.523. The molecule has 2 unspecified atom stereocenters. The highest BCUT2D eigenvalue weighted by molar-refractivity contribution is 7.86. The molecule has 158 valence electrons. The lowest BCUT2D eigenvalue weighted by atomic mass is 10.2. The van der Waals surface area contributed by atoms with Gasteiger partial charge in [-0.05, 0) is 23.4 Å². The molecule has 0 bridgehead atoms. The fourth-order valence-electron chi connectivity index (χ4n) is 1.62. The lowest BCUT2D eigenvalue weighted by molar-refractivity contribution is -0.672. The molecule has 19 heteroatoms. The van der Waals surface area contributed by atoms with Crippen molar-refractivity contribution in [2.45, 2.75) is 24.6 Å². The quantitative estimate of drug-likeness (QED) is 0.117. The zero-order valence-electron chi connectivity index (χ0n) is 13.5. The van der Waals surface area contributed by atoms with Gasteiger partial charge in [-0.2, -0.15) is 8.42 Å². The van der Waals surface area contributed by atoms with Crippen molar-refractivity contribution in [1.29, 1.82) is 0 Å². The third-order valence-corrected chi connectivity index (χ3v) is 4.82. The number of hydrogen-bond donors (Lipinski definition) is 3. The number of amides is 2. The topological polar surface area (TPSA) is 231 Å². The molecule has 0 fully saturated rings. The largest absolute Gasteiger partial charge is 0.469 e. The van der Waals surface area contributed by atoms with Gasteiger partial charge < -0.3 is 9.79 Å². The molecule has 27 heavy (non-hydrogen) atoms. The lowest BCUT2D eigenvalue weighted by Gasteiger charge is -2.24. The van der Waals surface area contributed by atoms with Crippen molar-refractivity contribution in [3.8, 4) is 0 Å². The summed E-state index contributed by atoms with van der Waals surface area (Å²) in [5, 5.41) is 16.7. The first kappa shape index (κ1) is 25.4. The number of urea groups is 1. The molecule has 0 spiro atoms. The van der Waals surface area contributed by atoms with Crippen LogP contribution in [0.2, 0.25) is 0 Å². The Morgan fingerprint density at radius 3 is 2.15 bits per heavy atom. The number of nitrogens with zero attached hydrogens (tertiary/aromatic N) is 4. The number of phosphoric ester groups is 1. The monoisotopic (exact) mass is 458 g/mol. The highest BCUT2D eigenvalue weighted by Crippen LogP contribution is 2.36. The van der Waals surface area contributed by atoms with Gasteiger partial charge in [0.25, 0.3) is 10.1 Å². The lowest BCUT2D eigenvalue weighted by Crippen LogP contribution is -2.55. The Hall–Kier alpha value is -1.62. The smallest absolute Gasteiger partial charge is 0.303 e. The third-order valence-electron chi connectivity index (χ3n) is 2.95. The summed E-state index contributed by atoms with van der Waals surface area (Å²) in [4.78, 5) is 51.8. The van der Waals surface area contributed by atoms with Crippen molar-refractivity contribution in [3.05, 3.63) is 20.2 Å². The van der Waals surface area contributed by atoms with Gasteiger partial charge in [-0.1, -0.05) is 0 Å². The molecular formula is C8H16ClN4O12PS. The molecular weight excluding hydrogens is 443 g/mol. The molecule has 2 atom stereocenters. The Morgan fingerprint density at radius 1 is 1.30 bits per heavy atom. The maximum atomic E-state index is 12.2. The molecule has 0 heterocycles. The van der Waals surface area contributed by atoms with E-state index in [1.165, 1.54) is 0 Å². The molecule has 0 aliphatic rings. The van der Waals surface area contributed by atoms with Crippen molar-refractivity contribution < 1.29 is 46.7 Å². The van der Waals surface area contributed by atoms with Gasteiger partial charge in [0.1, 0.15) is 17.8 Å². The Balaban J connectivity index is 5.76. The highest BCUT2D eigenvalue weighted by atomic mass is 35.5. The summed E-state index contributed by atoms with van der Waals surface area (Å²) in [5.74, 6) is -0.354. The van der Waals surface area contributed by atoms with Crippen LogP contribution in [0.3, 0.4) is 0 Å². The standard InChI is InChI=1S/C8H16ClN4O12PS/c1-6(27(22,23)24)4-10(12(15)16)8(14)11(13(17)18)7(2-3-9)5-25-26(19,20)21/h6-7H,2-5H2,1H3,(H2,19,20,21)(H,22,23,24). The molecule has 0 aromatic carbocycles. The van der Waals surface area contributed by atoms with Gasteiger partial charge in [-0.3, -0.25) is 9.08 Å². The summed E-state index contributed by atoms with van der Waals surface area (Å²) in [5.41, 5.74) is 0. The van der Waals surface area contributed by atoms with Crippen LogP contribution in [-0.4, -0.2) is 79.2 Å². The summed E-state index contributed by atoms with van der Waals surface area (Å²) < 4.78 is 45.7. The van der Waals surface area contributed by atoms with E-state index in [1.54, 1.807) is 0 Å². The number of halogens is 1. The van der Waals surface area contributed by atoms with Crippen molar-refractivity contribution >= 4 is 35.6 Å². The molecule has 0 aliphatic carbocycles. The average Bonchev–Trinajstić information content (AvgIpc) is 2.47. The number of nitro groups is 2.